The van der Waals surface area contributed by atoms with Crippen molar-refractivity contribution in [3.8, 4) is 0 Å². The number of epoxide rings is 1. The Kier molecular flexibility index (Phi) is 2.51. The fourth-order valence-corrected chi connectivity index (χ4v) is 5.76. The molecular weight excluding hydrogens is 312 g/mol. The molecule has 2 aliphatic carbocycles. The van der Waals surface area contributed by atoms with Crippen molar-refractivity contribution in [2.45, 2.75) is 63.4 Å². The first-order valence-corrected chi connectivity index (χ1v) is 8.54. The van der Waals surface area contributed by atoms with E-state index in [-0.39, 0.29) is 35.8 Å². The summed E-state index contributed by atoms with van der Waals surface area (Å²) < 4.78 is 16.9. The van der Waals surface area contributed by atoms with Crippen molar-refractivity contribution < 1.29 is 23.8 Å². The summed E-state index contributed by atoms with van der Waals surface area (Å²) in [6, 6.07) is 1.55. The third kappa shape index (κ3) is 1.38. The first-order valence-electron chi connectivity index (χ1n) is 8.54. The van der Waals surface area contributed by atoms with Crippen molar-refractivity contribution in [3.05, 3.63) is 33.4 Å². The Morgan fingerprint density at radius 2 is 2.04 bits per heavy atom. The average molecular weight is 332 g/mol. The Hall–Kier alpha value is -1.66. The lowest BCUT2D eigenvalue weighted by molar-refractivity contribution is -0.154. The molecule has 0 radical (unpaired) electrons. The van der Waals surface area contributed by atoms with Crippen molar-refractivity contribution in [3.63, 3.8) is 0 Å². The van der Waals surface area contributed by atoms with E-state index < -0.39 is 16.9 Å². The third-order valence-electron chi connectivity index (χ3n) is 6.86. The fraction of sp³-hybridized carbons (Fsp3) is 0.667. The number of rotatable bonds is 1. The maximum Gasteiger partial charge on any atom is 0.336 e. The second kappa shape index (κ2) is 4.11. The minimum absolute atomic E-state index is 0.201. The largest absolute Gasteiger partial charge is 0.461 e. The highest BCUT2D eigenvalue weighted by atomic mass is 16.6. The van der Waals surface area contributed by atoms with Gasteiger partial charge in [-0.2, -0.15) is 0 Å². The summed E-state index contributed by atoms with van der Waals surface area (Å²) in [6.07, 6.45) is -0.648. The predicted octanol–water partition coefficient (Wildman–Crippen LogP) is 0.706. The van der Waals surface area contributed by atoms with E-state index in [1.807, 2.05) is 13.8 Å². The maximum atomic E-state index is 12.6. The Morgan fingerprint density at radius 3 is 2.75 bits per heavy atom. The third-order valence-corrected chi connectivity index (χ3v) is 6.86. The zero-order valence-corrected chi connectivity index (χ0v) is 13.9. The molecule has 6 heteroatoms. The number of carbonyl (C=O) groups excluding carboxylic acids is 1. The number of carbonyl (C=O) groups is 1. The van der Waals surface area contributed by atoms with Crippen LogP contribution in [-0.4, -0.2) is 35.5 Å². The smallest absolute Gasteiger partial charge is 0.336 e. The van der Waals surface area contributed by atoms with Gasteiger partial charge in [0.15, 0.2) is 0 Å². The molecule has 1 aromatic heterocycles. The first-order chi connectivity index (χ1) is 11.3. The van der Waals surface area contributed by atoms with Crippen molar-refractivity contribution in [1.82, 2.24) is 0 Å². The summed E-state index contributed by atoms with van der Waals surface area (Å²) >= 11 is 0. The predicted molar refractivity (Wildman–Crippen MR) is 81.6 cm³/mol. The standard InChI is InChI=1S/C18H20O6/c1-4-9-7-5-10-13-17(2,8(7)6-11(19)22-9)15-12(24-15)14(20)18(13,3)16(21)23-10/h6,10,12-15,20H,4-5H2,1-3H3/t10?,12-,13?,14+,15-,17-,18-/m1/s1. The Balaban J connectivity index is 1.81. The molecule has 2 unspecified atom stereocenters. The van der Waals surface area contributed by atoms with Crippen LogP contribution in [0.4, 0.5) is 0 Å². The van der Waals surface area contributed by atoms with Crippen LogP contribution in [-0.2, 0) is 32.5 Å². The molecule has 2 aliphatic heterocycles. The van der Waals surface area contributed by atoms with Gasteiger partial charge in [0.2, 0.25) is 0 Å². The van der Waals surface area contributed by atoms with Crippen LogP contribution >= 0.6 is 0 Å². The van der Waals surface area contributed by atoms with Crippen LogP contribution in [0, 0.1) is 11.3 Å². The summed E-state index contributed by atoms with van der Waals surface area (Å²) in [5.74, 6) is 0.0794. The Morgan fingerprint density at radius 1 is 1.29 bits per heavy atom. The van der Waals surface area contributed by atoms with Crippen LogP contribution in [0.25, 0.3) is 0 Å². The summed E-state index contributed by atoms with van der Waals surface area (Å²) in [4.78, 5) is 24.7. The van der Waals surface area contributed by atoms with E-state index in [0.717, 1.165) is 11.1 Å². The highest BCUT2D eigenvalue weighted by molar-refractivity contribution is 5.82. The SMILES string of the molecule is CCc1oc(=O)cc2c1CC1OC(=O)[C@]3(C)C1[C@]2(C)[C@@H]1O[C@@H]1[C@@H]3O. The zero-order valence-electron chi connectivity index (χ0n) is 13.9. The van der Waals surface area contributed by atoms with Gasteiger partial charge in [0, 0.05) is 30.2 Å². The number of hydrogen-bond acceptors (Lipinski definition) is 6. The van der Waals surface area contributed by atoms with Gasteiger partial charge in [-0.3, -0.25) is 4.79 Å². The molecule has 3 fully saturated rings. The lowest BCUT2D eigenvalue weighted by Crippen LogP contribution is -2.62. The van der Waals surface area contributed by atoms with E-state index >= 15 is 0 Å². The molecule has 7 atom stereocenters. The van der Waals surface area contributed by atoms with E-state index in [2.05, 4.69) is 0 Å². The summed E-state index contributed by atoms with van der Waals surface area (Å²) in [6.45, 7) is 5.76. The number of aryl methyl sites for hydroxylation is 1. The lowest BCUT2D eigenvalue weighted by atomic mass is 9.49. The molecule has 6 nitrogen and oxygen atoms in total. The molecule has 1 N–H and O–H groups in total. The van der Waals surface area contributed by atoms with Gasteiger partial charge in [0.1, 0.15) is 23.4 Å². The van der Waals surface area contributed by atoms with Crippen molar-refractivity contribution >= 4 is 5.97 Å². The number of fused-ring (bicyclic) bond motifs is 4. The number of aliphatic hydroxyl groups is 1. The maximum absolute atomic E-state index is 12.6. The zero-order chi connectivity index (χ0) is 17.0. The number of aliphatic hydroxyl groups excluding tert-OH is 1. The van der Waals surface area contributed by atoms with E-state index in [9.17, 15) is 14.7 Å². The molecule has 0 amide bonds. The van der Waals surface area contributed by atoms with Gasteiger partial charge in [-0.15, -0.1) is 0 Å². The second-order valence-corrected chi connectivity index (χ2v) is 7.89. The lowest BCUT2D eigenvalue weighted by Gasteiger charge is -2.50. The van der Waals surface area contributed by atoms with Gasteiger partial charge in [0.25, 0.3) is 0 Å². The number of esters is 1. The summed E-state index contributed by atoms with van der Waals surface area (Å²) in [5, 5.41) is 10.7. The van der Waals surface area contributed by atoms with Crippen molar-refractivity contribution in [2.24, 2.45) is 11.3 Å². The quantitative estimate of drug-likeness (QED) is 0.602. The molecule has 1 aromatic rings. The van der Waals surface area contributed by atoms with Crippen LogP contribution in [0.2, 0.25) is 0 Å². The van der Waals surface area contributed by atoms with Gasteiger partial charge in [-0.05, 0) is 18.1 Å². The first kappa shape index (κ1) is 14.7. The van der Waals surface area contributed by atoms with Gasteiger partial charge < -0.3 is 19.0 Å². The molecule has 128 valence electrons. The molecular formula is C18H20O6. The van der Waals surface area contributed by atoms with Gasteiger partial charge in [-0.25, -0.2) is 4.79 Å². The van der Waals surface area contributed by atoms with Gasteiger partial charge in [-0.1, -0.05) is 13.8 Å². The molecule has 5 rings (SSSR count). The second-order valence-electron chi connectivity index (χ2n) is 7.89. The van der Waals surface area contributed by atoms with E-state index in [0.29, 0.717) is 18.6 Å². The van der Waals surface area contributed by atoms with Crippen LogP contribution < -0.4 is 5.63 Å². The van der Waals surface area contributed by atoms with Gasteiger partial charge in [0.05, 0.1) is 12.2 Å². The van der Waals surface area contributed by atoms with Crippen LogP contribution in [0.1, 0.15) is 37.7 Å². The molecule has 3 heterocycles. The molecule has 4 aliphatic rings. The molecule has 24 heavy (non-hydrogen) atoms. The molecule has 0 aromatic carbocycles. The van der Waals surface area contributed by atoms with Crippen LogP contribution in [0.5, 0.6) is 0 Å². The number of hydrogen-bond donors (Lipinski definition) is 1. The Bertz CT molecular complexity index is 827. The van der Waals surface area contributed by atoms with Gasteiger partial charge >= 0.3 is 11.6 Å². The van der Waals surface area contributed by atoms with Crippen molar-refractivity contribution in [1.29, 1.82) is 0 Å². The summed E-state index contributed by atoms with van der Waals surface area (Å²) in [5.41, 5.74) is -0.0510. The minimum atomic E-state index is -1.00. The normalized spacial score (nSPS) is 47.5. The van der Waals surface area contributed by atoms with Crippen molar-refractivity contribution in [2.75, 3.05) is 0 Å². The fourth-order valence-electron chi connectivity index (χ4n) is 5.76. The minimum Gasteiger partial charge on any atom is -0.461 e. The molecule has 0 spiro atoms. The van der Waals surface area contributed by atoms with Crippen LogP contribution in [0.15, 0.2) is 15.3 Å². The van der Waals surface area contributed by atoms with Crippen LogP contribution in [0.3, 0.4) is 0 Å². The molecule has 2 saturated heterocycles. The molecule has 1 saturated carbocycles. The molecule has 0 bridgehead atoms. The topological polar surface area (TPSA) is 89.3 Å². The van der Waals surface area contributed by atoms with E-state index in [1.165, 1.54) is 0 Å². The number of ether oxygens (including phenoxy) is 2. The average Bonchev–Trinajstić information content (AvgIpc) is 3.29. The summed E-state index contributed by atoms with van der Waals surface area (Å²) in [7, 11) is 0. The highest BCUT2D eigenvalue weighted by Crippen LogP contribution is 2.66. The van der Waals surface area contributed by atoms with E-state index in [1.54, 1.807) is 13.0 Å². The Labute approximate surface area is 138 Å². The van der Waals surface area contributed by atoms with E-state index in [4.69, 9.17) is 13.9 Å². The monoisotopic (exact) mass is 332 g/mol. The highest BCUT2D eigenvalue weighted by Gasteiger charge is 2.78.